The summed E-state index contributed by atoms with van der Waals surface area (Å²) in [4.78, 5) is 76.9. The number of esters is 1. The van der Waals surface area contributed by atoms with Crippen LogP contribution in [0.1, 0.15) is 79.7 Å². The maximum atomic E-state index is 14.5. The molecule has 0 aliphatic carbocycles. The molecule has 3 rings (SSSR count). The highest BCUT2D eigenvalue weighted by molar-refractivity contribution is 7.59. The second-order valence-electron chi connectivity index (χ2n) is 16.9. The third-order valence-electron chi connectivity index (χ3n) is 12.0. The van der Waals surface area contributed by atoms with Crippen LogP contribution in [0.5, 0.6) is 0 Å². The minimum Gasteiger partial charge on any atom is -0.469 e. The molecule has 2 saturated heterocycles. The van der Waals surface area contributed by atoms with Gasteiger partial charge in [0.25, 0.3) is 0 Å². The van der Waals surface area contributed by atoms with Gasteiger partial charge in [-0.05, 0) is 30.2 Å². The quantitative estimate of drug-likeness (QED) is 0.0705. The molecule has 16 heteroatoms. The zero-order valence-electron chi connectivity index (χ0n) is 37.4. The maximum absolute atomic E-state index is 14.5. The number of methoxy groups -OCH3 is 3. The highest BCUT2D eigenvalue weighted by atomic mass is 31.2. The van der Waals surface area contributed by atoms with Crippen LogP contribution in [0, 0.1) is 23.7 Å². The van der Waals surface area contributed by atoms with Crippen molar-refractivity contribution in [2.75, 3.05) is 67.3 Å². The van der Waals surface area contributed by atoms with Crippen molar-refractivity contribution in [3.05, 3.63) is 35.9 Å². The van der Waals surface area contributed by atoms with Crippen LogP contribution in [-0.2, 0) is 44.4 Å². The summed E-state index contributed by atoms with van der Waals surface area (Å²) in [5.41, 5.74) is 0.708. The number of likely N-dealkylation sites (N-methyl/N-ethyl adjacent to an activating group) is 1. The second-order valence-corrected chi connectivity index (χ2v) is 19.3. The summed E-state index contributed by atoms with van der Waals surface area (Å²) in [6.07, 6.45) is -0.0859. The smallest absolute Gasteiger partial charge is 0.315 e. The Balaban J connectivity index is 1.84. The van der Waals surface area contributed by atoms with Crippen molar-refractivity contribution in [3.63, 3.8) is 0 Å². The molecule has 1 unspecified atom stereocenters. The molecule has 1 aromatic carbocycles. The van der Waals surface area contributed by atoms with Gasteiger partial charge in [0.1, 0.15) is 23.8 Å². The van der Waals surface area contributed by atoms with E-state index in [-0.39, 0.29) is 42.4 Å². The number of hydrogen-bond acceptors (Lipinski definition) is 10. The minimum absolute atomic E-state index is 0.00461. The molecular formula is C43H73N6O9P. The normalized spacial score (nSPS) is 20.9. The molecule has 0 saturated carbocycles. The van der Waals surface area contributed by atoms with Crippen molar-refractivity contribution in [2.45, 2.75) is 117 Å². The van der Waals surface area contributed by atoms with Crippen LogP contribution in [-0.4, -0.2) is 152 Å². The first kappa shape index (κ1) is 50.0. The number of amidine groups is 1. The van der Waals surface area contributed by atoms with Crippen LogP contribution in [0.15, 0.2) is 35.3 Å². The van der Waals surface area contributed by atoms with E-state index in [1.54, 1.807) is 55.1 Å². The Bertz CT molecular complexity index is 1590. The molecule has 2 fully saturated rings. The Morgan fingerprint density at radius 2 is 1.64 bits per heavy atom. The Morgan fingerprint density at radius 3 is 2.19 bits per heavy atom. The molecule has 0 bridgehead atoms. The third kappa shape index (κ3) is 13.6. The lowest BCUT2D eigenvalue weighted by Crippen LogP contribution is -2.55. The Morgan fingerprint density at radius 1 is 1.00 bits per heavy atom. The molecule has 334 valence electrons. The Labute approximate surface area is 352 Å². The van der Waals surface area contributed by atoms with Gasteiger partial charge in [0.15, 0.2) is 0 Å². The monoisotopic (exact) mass is 849 g/mol. The van der Waals surface area contributed by atoms with Gasteiger partial charge in [-0.2, -0.15) is 0 Å². The number of ether oxygens (including phenoxy) is 3. The standard InChI is InChI=1S/C43H73N6O9P/c1-12-30(6)39(47(8)43(53)38(28(2)3)46-41(29(4)5)48-23-20-44-21-24-48)34(56-9)26-36(50)49-22-16-19-33(49)40(58-11)31(7)42(52)45-35(25-32-17-14-13-15-18-32)59(54,55)27-37(51)57-10/h13-15,17-18,28-31,33-35,38-40,44H,12,16,19-27H2,1-11H3,(H,45,52)(H,54,55)/b46-41+/t30-,31+,33-,34+,35+,38-,39-,40+/m0/s1. The largest absolute Gasteiger partial charge is 0.469 e. The Hall–Kier alpha value is -3.36. The van der Waals surface area contributed by atoms with Crippen LogP contribution in [0.2, 0.25) is 0 Å². The molecule has 2 aliphatic heterocycles. The van der Waals surface area contributed by atoms with Gasteiger partial charge in [-0.3, -0.25) is 28.7 Å². The number of carbonyl (C=O) groups excluding carboxylic acids is 4. The number of likely N-dealkylation sites (tertiary alicyclic amines) is 1. The number of piperazine rings is 1. The number of benzene rings is 1. The predicted molar refractivity (Wildman–Crippen MR) is 230 cm³/mol. The zero-order valence-corrected chi connectivity index (χ0v) is 38.3. The van der Waals surface area contributed by atoms with Crippen molar-refractivity contribution in [1.82, 2.24) is 25.3 Å². The first-order valence-electron chi connectivity index (χ1n) is 21.3. The molecule has 9 atom stereocenters. The van der Waals surface area contributed by atoms with Gasteiger partial charge < -0.3 is 44.4 Å². The molecule has 1 aromatic rings. The topological polar surface area (TPSA) is 179 Å². The number of nitrogens with one attached hydrogen (secondary N) is 2. The van der Waals surface area contributed by atoms with Gasteiger partial charge in [-0.1, -0.05) is 85.2 Å². The van der Waals surface area contributed by atoms with Crippen LogP contribution in [0.25, 0.3) is 0 Å². The zero-order chi connectivity index (χ0) is 44.0. The SMILES string of the molecule is CC[C@H](C)[C@@H]([C@@H](CC(=O)N1CCC[C@H]1[C@H](OC)[C@@H](C)C(=O)N[C@@H](Cc1ccccc1)P(=O)(O)CC(=O)OC)OC)N(C)C(=O)[C@@H](/N=C(\C(C)C)N1CCNCC1)C(C)C. The summed E-state index contributed by atoms with van der Waals surface area (Å²) < 4.78 is 30.3. The summed E-state index contributed by atoms with van der Waals surface area (Å²) in [6.45, 7) is 17.9. The molecule has 0 aromatic heterocycles. The maximum Gasteiger partial charge on any atom is 0.315 e. The summed E-state index contributed by atoms with van der Waals surface area (Å²) >= 11 is 0. The second kappa shape index (κ2) is 23.6. The summed E-state index contributed by atoms with van der Waals surface area (Å²) in [6, 6.07) is 7.45. The number of carbonyl (C=O) groups is 4. The third-order valence-corrected chi connectivity index (χ3v) is 14.0. The molecule has 15 nitrogen and oxygen atoms in total. The molecule has 0 radical (unpaired) electrons. The number of aliphatic imine (C=N–C) groups is 1. The Kier molecular flexibility index (Phi) is 20.0. The van der Waals surface area contributed by atoms with Crippen molar-refractivity contribution in [1.29, 1.82) is 0 Å². The average molecular weight is 849 g/mol. The van der Waals surface area contributed by atoms with Crippen molar-refractivity contribution in [3.8, 4) is 0 Å². The molecule has 59 heavy (non-hydrogen) atoms. The number of hydrogen-bond donors (Lipinski definition) is 3. The number of amides is 3. The minimum atomic E-state index is -4.28. The number of rotatable bonds is 21. The lowest BCUT2D eigenvalue weighted by Gasteiger charge is -2.40. The van der Waals surface area contributed by atoms with Gasteiger partial charge in [0.05, 0.1) is 43.7 Å². The van der Waals surface area contributed by atoms with Crippen LogP contribution < -0.4 is 10.6 Å². The van der Waals surface area contributed by atoms with Crippen LogP contribution in [0.4, 0.5) is 0 Å². The van der Waals surface area contributed by atoms with E-state index in [9.17, 15) is 28.6 Å². The van der Waals surface area contributed by atoms with E-state index >= 15 is 0 Å². The molecule has 0 spiro atoms. The fraction of sp³-hybridized carbons (Fsp3) is 0.744. The average Bonchev–Trinajstić information content (AvgIpc) is 3.70. The fourth-order valence-corrected chi connectivity index (χ4v) is 9.97. The van der Waals surface area contributed by atoms with Gasteiger partial charge >= 0.3 is 5.97 Å². The van der Waals surface area contributed by atoms with Crippen LogP contribution >= 0.6 is 7.37 Å². The predicted octanol–water partition coefficient (Wildman–Crippen LogP) is 4.02. The van der Waals surface area contributed by atoms with Crippen molar-refractivity contribution < 1.29 is 42.8 Å². The van der Waals surface area contributed by atoms with E-state index in [1.165, 1.54) is 7.11 Å². The highest BCUT2D eigenvalue weighted by Crippen LogP contribution is 2.46. The van der Waals surface area contributed by atoms with Gasteiger partial charge in [-0.15, -0.1) is 0 Å². The van der Waals surface area contributed by atoms with Crippen molar-refractivity contribution >= 4 is 36.9 Å². The van der Waals surface area contributed by atoms with Crippen molar-refractivity contribution in [2.24, 2.45) is 28.7 Å². The number of nitrogens with zero attached hydrogens (tertiary/aromatic N) is 4. The van der Waals surface area contributed by atoms with E-state index < -0.39 is 67.4 Å². The molecule has 2 aliphatic rings. The lowest BCUT2D eigenvalue weighted by molar-refractivity contribution is -0.146. The van der Waals surface area contributed by atoms with Gasteiger partial charge in [0, 0.05) is 66.3 Å². The lowest BCUT2D eigenvalue weighted by atomic mass is 9.89. The molecule has 3 amide bonds. The van der Waals surface area contributed by atoms with E-state index in [2.05, 4.69) is 48.0 Å². The van der Waals surface area contributed by atoms with E-state index in [0.29, 0.717) is 24.9 Å². The fourth-order valence-electron chi connectivity index (χ4n) is 8.42. The molecule has 2 heterocycles. The summed E-state index contributed by atoms with van der Waals surface area (Å²) in [7, 11) is 1.72. The first-order chi connectivity index (χ1) is 27.9. The van der Waals surface area contributed by atoms with Crippen LogP contribution in [0.3, 0.4) is 0 Å². The van der Waals surface area contributed by atoms with E-state index in [0.717, 1.165) is 45.5 Å². The molecule has 3 N–H and O–H groups in total. The van der Waals surface area contributed by atoms with E-state index in [4.69, 9.17) is 14.5 Å². The summed E-state index contributed by atoms with van der Waals surface area (Å²) in [5, 5.41) is 6.14. The first-order valence-corrected chi connectivity index (χ1v) is 23.2. The van der Waals surface area contributed by atoms with Gasteiger partial charge in [0.2, 0.25) is 25.1 Å². The summed E-state index contributed by atoms with van der Waals surface area (Å²) in [5.74, 6) is -2.80. The highest BCUT2D eigenvalue weighted by Gasteiger charge is 2.44. The van der Waals surface area contributed by atoms with E-state index in [1.807, 2.05) is 19.9 Å². The van der Waals surface area contributed by atoms with Gasteiger partial charge in [-0.25, -0.2) is 0 Å². The molecular weight excluding hydrogens is 775 g/mol.